The minimum absolute atomic E-state index is 0.0764. The summed E-state index contributed by atoms with van der Waals surface area (Å²) < 4.78 is 33.1. The van der Waals surface area contributed by atoms with Crippen LogP contribution in [0.15, 0.2) is 23.1 Å². The summed E-state index contributed by atoms with van der Waals surface area (Å²) in [5.74, 6) is 0.154. The molecule has 1 heterocycles. The molecular weight excluding hydrogens is 416 g/mol. The van der Waals surface area contributed by atoms with Crippen molar-refractivity contribution in [3.8, 4) is 11.8 Å². The Kier molecular flexibility index (Phi) is 7.79. The summed E-state index contributed by atoms with van der Waals surface area (Å²) in [4.78, 5) is 12.7. The number of benzene rings is 1. The van der Waals surface area contributed by atoms with Gasteiger partial charge in [-0.1, -0.05) is 32.1 Å². The molecule has 2 fully saturated rings. The fourth-order valence-corrected chi connectivity index (χ4v) is 5.87. The van der Waals surface area contributed by atoms with Crippen LogP contribution in [0.1, 0.15) is 57.8 Å². The van der Waals surface area contributed by atoms with Gasteiger partial charge in [0.2, 0.25) is 15.9 Å². The third kappa shape index (κ3) is 5.69. The van der Waals surface area contributed by atoms with E-state index in [1.807, 2.05) is 0 Å². The number of rotatable bonds is 7. The van der Waals surface area contributed by atoms with Crippen LogP contribution >= 0.6 is 0 Å². The number of carbonyl (C=O) groups excluding carboxylic acids is 1. The first-order chi connectivity index (χ1) is 14.9. The van der Waals surface area contributed by atoms with Gasteiger partial charge in [0.05, 0.1) is 30.3 Å². The molecule has 170 valence electrons. The topological polar surface area (TPSA) is 112 Å². The average molecular weight is 449 g/mol. The van der Waals surface area contributed by atoms with Gasteiger partial charge in [0.1, 0.15) is 11.3 Å². The van der Waals surface area contributed by atoms with Crippen molar-refractivity contribution in [3.05, 3.63) is 18.2 Å². The van der Waals surface area contributed by atoms with Crippen molar-refractivity contribution in [2.75, 3.05) is 32.1 Å². The number of carbonyl (C=O) groups is 1. The number of methoxy groups -OCH3 is 1. The SMILES string of the molecule is COc1ccc(S(=O)(=O)N2CCCCCC2)cc1NCC(=O)NC1(C#N)CCCCC1. The molecule has 1 aromatic rings. The van der Waals surface area contributed by atoms with Crippen molar-refractivity contribution in [2.45, 2.75) is 68.2 Å². The van der Waals surface area contributed by atoms with E-state index >= 15 is 0 Å². The first-order valence-electron chi connectivity index (χ1n) is 11.0. The van der Waals surface area contributed by atoms with Crippen molar-refractivity contribution in [1.29, 1.82) is 5.26 Å². The molecule has 2 N–H and O–H groups in total. The Morgan fingerprint density at radius 3 is 2.39 bits per heavy atom. The first kappa shape index (κ1) is 23.4. The van der Waals surface area contributed by atoms with Crippen LogP contribution in [-0.4, -0.2) is 50.9 Å². The quantitative estimate of drug-likeness (QED) is 0.663. The van der Waals surface area contributed by atoms with E-state index < -0.39 is 15.6 Å². The molecule has 0 aromatic heterocycles. The molecular formula is C22H32N4O4S. The van der Waals surface area contributed by atoms with Gasteiger partial charge in [-0.15, -0.1) is 0 Å². The zero-order valence-electron chi connectivity index (χ0n) is 18.2. The van der Waals surface area contributed by atoms with Crippen molar-refractivity contribution >= 4 is 21.6 Å². The number of hydrogen-bond donors (Lipinski definition) is 2. The molecule has 8 nitrogen and oxygen atoms in total. The zero-order valence-corrected chi connectivity index (χ0v) is 19.0. The summed E-state index contributed by atoms with van der Waals surface area (Å²) in [6.07, 6.45) is 8.04. The second kappa shape index (κ2) is 10.3. The van der Waals surface area contributed by atoms with E-state index in [-0.39, 0.29) is 17.3 Å². The third-order valence-corrected chi connectivity index (χ3v) is 8.01. The minimum Gasteiger partial charge on any atom is -0.495 e. The largest absolute Gasteiger partial charge is 0.495 e. The number of sulfonamides is 1. The minimum atomic E-state index is -3.61. The Bertz CT molecular complexity index is 912. The van der Waals surface area contributed by atoms with E-state index in [0.29, 0.717) is 37.4 Å². The maximum absolute atomic E-state index is 13.1. The Labute approximate surface area is 185 Å². The van der Waals surface area contributed by atoms with Gasteiger partial charge in [0, 0.05) is 13.1 Å². The summed E-state index contributed by atoms with van der Waals surface area (Å²) in [7, 11) is -2.12. The Hall–Kier alpha value is -2.31. The molecule has 0 atom stereocenters. The number of nitrogens with zero attached hydrogens (tertiary/aromatic N) is 2. The molecule has 1 aliphatic carbocycles. The Morgan fingerprint density at radius 1 is 1.13 bits per heavy atom. The highest BCUT2D eigenvalue weighted by Gasteiger charge is 2.33. The average Bonchev–Trinajstić information content (AvgIpc) is 3.08. The van der Waals surface area contributed by atoms with Gasteiger partial charge < -0.3 is 15.4 Å². The highest BCUT2D eigenvalue weighted by molar-refractivity contribution is 7.89. The van der Waals surface area contributed by atoms with Crippen molar-refractivity contribution < 1.29 is 17.9 Å². The molecule has 1 aromatic carbocycles. The predicted octanol–water partition coefficient (Wildman–Crippen LogP) is 3.01. The molecule has 0 unspecified atom stereocenters. The van der Waals surface area contributed by atoms with Crippen LogP contribution in [0.2, 0.25) is 0 Å². The van der Waals surface area contributed by atoms with Crippen LogP contribution in [0.4, 0.5) is 5.69 Å². The Balaban J connectivity index is 1.72. The normalized spacial score (nSPS) is 19.6. The number of nitrogens with one attached hydrogen (secondary N) is 2. The lowest BCUT2D eigenvalue weighted by Crippen LogP contribution is -2.50. The molecule has 0 bridgehead atoms. The standard InChI is InChI=1S/C22H32N4O4S/c1-30-20-10-9-18(31(28,29)26-13-7-2-3-8-14-26)15-19(20)24-16-21(27)25-22(17-23)11-5-4-6-12-22/h9-10,15,24H,2-8,11-14,16H2,1H3,(H,25,27). The smallest absolute Gasteiger partial charge is 0.243 e. The predicted molar refractivity (Wildman–Crippen MR) is 118 cm³/mol. The zero-order chi connectivity index (χ0) is 22.3. The van der Waals surface area contributed by atoms with Crippen molar-refractivity contribution in [3.63, 3.8) is 0 Å². The van der Waals surface area contributed by atoms with E-state index in [2.05, 4.69) is 16.7 Å². The maximum atomic E-state index is 13.1. The van der Waals surface area contributed by atoms with E-state index in [0.717, 1.165) is 44.9 Å². The lowest BCUT2D eigenvalue weighted by Gasteiger charge is -2.31. The summed E-state index contributed by atoms with van der Waals surface area (Å²) in [5, 5.41) is 15.4. The van der Waals surface area contributed by atoms with E-state index in [9.17, 15) is 18.5 Å². The first-order valence-corrected chi connectivity index (χ1v) is 12.5. The van der Waals surface area contributed by atoms with Crippen LogP contribution in [0.5, 0.6) is 5.75 Å². The van der Waals surface area contributed by atoms with Gasteiger partial charge in [0.15, 0.2) is 0 Å². The van der Waals surface area contributed by atoms with Crippen LogP contribution in [0, 0.1) is 11.3 Å². The second-order valence-electron chi connectivity index (χ2n) is 8.34. The van der Waals surface area contributed by atoms with Crippen molar-refractivity contribution in [2.24, 2.45) is 0 Å². The molecule has 3 rings (SSSR count). The molecule has 1 amide bonds. The van der Waals surface area contributed by atoms with Crippen molar-refractivity contribution in [1.82, 2.24) is 9.62 Å². The number of anilines is 1. The van der Waals surface area contributed by atoms with Crippen LogP contribution in [-0.2, 0) is 14.8 Å². The highest BCUT2D eigenvalue weighted by atomic mass is 32.2. The number of nitriles is 1. The second-order valence-corrected chi connectivity index (χ2v) is 10.3. The van der Waals surface area contributed by atoms with Gasteiger partial charge >= 0.3 is 0 Å². The number of hydrogen-bond acceptors (Lipinski definition) is 6. The molecule has 1 saturated heterocycles. The van der Waals surface area contributed by atoms with E-state index in [1.165, 1.54) is 23.5 Å². The van der Waals surface area contributed by atoms with Gasteiger partial charge in [-0.25, -0.2) is 8.42 Å². The van der Waals surface area contributed by atoms with E-state index in [4.69, 9.17) is 4.74 Å². The molecule has 0 radical (unpaired) electrons. The molecule has 9 heteroatoms. The van der Waals surface area contributed by atoms with Gasteiger partial charge in [-0.3, -0.25) is 4.79 Å². The maximum Gasteiger partial charge on any atom is 0.243 e. The fourth-order valence-electron chi connectivity index (χ4n) is 4.32. The van der Waals surface area contributed by atoms with Gasteiger partial charge in [-0.2, -0.15) is 9.57 Å². The highest BCUT2D eigenvalue weighted by Crippen LogP contribution is 2.30. The molecule has 2 aliphatic rings. The molecule has 1 saturated carbocycles. The molecule has 0 spiro atoms. The lowest BCUT2D eigenvalue weighted by atomic mass is 9.83. The summed E-state index contributed by atoms with van der Waals surface area (Å²) in [6, 6.07) is 6.93. The summed E-state index contributed by atoms with van der Waals surface area (Å²) in [6.45, 7) is 0.971. The summed E-state index contributed by atoms with van der Waals surface area (Å²) in [5.41, 5.74) is -0.373. The Morgan fingerprint density at radius 2 is 1.77 bits per heavy atom. The van der Waals surface area contributed by atoms with E-state index in [1.54, 1.807) is 6.07 Å². The summed E-state index contributed by atoms with van der Waals surface area (Å²) >= 11 is 0. The fraction of sp³-hybridized carbons (Fsp3) is 0.636. The van der Waals surface area contributed by atoms with Crippen LogP contribution < -0.4 is 15.4 Å². The molecule has 1 aliphatic heterocycles. The number of amides is 1. The van der Waals surface area contributed by atoms with Gasteiger partial charge in [0.25, 0.3) is 0 Å². The molecule has 31 heavy (non-hydrogen) atoms. The lowest BCUT2D eigenvalue weighted by molar-refractivity contribution is -0.121. The van der Waals surface area contributed by atoms with Gasteiger partial charge in [-0.05, 0) is 43.9 Å². The number of ether oxygens (including phenoxy) is 1. The van der Waals surface area contributed by atoms with Crippen LogP contribution in [0.25, 0.3) is 0 Å². The monoisotopic (exact) mass is 448 g/mol. The van der Waals surface area contributed by atoms with Crippen LogP contribution in [0.3, 0.4) is 0 Å². The third-order valence-electron chi connectivity index (χ3n) is 6.11.